The van der Waals surface area contributed by atoms with Crippen LogP contribution in [0.25, 0.3) is 0 Å². The molecule has 2 amide bonds. The summed E-state index contributed by atoms with van der Waals surface area (Å²) in [5.74, 6) is 0.282. The minimum absolute atomic E-state index is 0.0828. The zero-order chi connectivity index (χ0) is 13.5. The van der Waals surface area contributed by atoms with Crippen molar-refractivity contribution in [2.45, 2.75) is 19.4 Å². The number of carbonyl (C=O) groups excluding carboxylic acids is 2. The van der Waals surface area contributed by atoms with E-state index in [2.05, 4.69) is 10.6 Å². The van der Waals surface area contributed by atoms with Crippen molar-refractivity contribution in [3.05, 3.63) is 35.9 Å². The van der Waals surface area contributed by atoms with Crippen molar-refractivity contribution in [1.82, 2.24) is 10.6 Å². The summed E-state index contributed by atoms with van der Waals surface area (Å²) in [6.07, 6.45) is 1.50. The van der Waals surface area contributed by atoms with Gasteiger partial charge >= 0.3 is 6.09 Å². The third-order valence-electron chi connectivity index (χ3n) is 2.85. The van der Waals surface area contributed by atoms with Gasteiger partial charge in [0.25, 0.3) is 0 Å². The molecule has 0 heterocycles. The van der Waals surface area contributed by atoms with Crippen LogP contribution in [-0.4, -0.2) is 25.1 Å². The van der Waals surface area contributed by atoms with Gasteiger partial charge in [-0.25, -0.2) is 4.79 Å². The van der Waals surface area contributed by atoms with E-state index in [4.69, 9.17) is 4.74 Å². The van der Waals surface area contributed by atoms with Gasteiger partial charge in [-0.3, -0.25) is 4.79 Å². The summed E-state index contributed by atoms with van der Waals surface area (Å²) in [5, 5.41) is 5.36. The molecule has 0 aromatic heterocycles. The van der Waals surface area contributed by atoms with Gasteiger partial charge in [0.05, 0.1) is 0 Å². The van der Waals surface area contributed by atoms with Crippen molar-refractivity contribution < 1.29 is 14.3 Å². The normalized spacial score (nSPS) is 13.7. The zero-order valence-electron chi connectivity index (χ0n) is 10.7. The monoisotopic (exact) mass is 262 g/mol. The zero-order valence-corrected chi connectivity index (χ0v) is 10.7. The molecule has 1 aromatic rings. The van der Waals surface area contributed by atoms with Crippen LogP contribution in [0.5, 0.6) is 0 Å². The quantitative estimate of drug-likeness (QED) is 0.762. The van der Waals surface area contributed by atoms with Crippen molar-refractivity contribution in [2.75, 3.05) is 13.1 Å². The van der Waals surface area contributed by atoms with Gasteiger partial charge in [-0.05, 0) is 18.4 Å². The number of rotatable bonds is 6. The first-order chi connectivity index (χ1) is 9.25. The summed E-state index contributed by atoms with van der Waals surface area (Å²) >= 11 is 0. The van der Waals surface area contributed by atoms with Crippen LogP contribution in [-0.2, 0) is 16.1 Å². The summed E-state index contributed by atoms with van der Waals surface area (Å²) in [6, 6.07) is 9.48. The average Bonchev–Trinajstić information content (AvgIpc) is 3.27. The lowest BCUT2D eigenvalue weighted by Gasteiger charge is -2.07. The van der Waals surface area contributed by atoms with Gasteiger partial charge in [-0.1, -0.05) is 30.3 Å². The van der Waals surface area contributed by atoms with E-state index >= 15 is 0 Å². The number of hydrogen-bond donors (Lipinski definition) is 2. The molecule has 1 saturated carbocycles. The highest BCUT2D eigenvalue weighted by Crippen LogP contribution is 2.28. The molecule has 0 atom stereocenters. The summed E-state index contributed by atoms with van der Waals surface area (Å²) in [6.45, 7) is 1.07. The molecule has 19 heavy (non-hydrogen) atoms. The van der Waals surface area contributed by atoms with Crippen LogP contribution in [0, 0.1) is 5.92 Å². The topological polar surface area (TPSA) is 67.4 Å². The molecule has 0 spiro atoms. The average molecular weight is 262 g/mol. The van der Waals surface area contributed by atoms with Gasteiger partial charge in [0.1, 0.15) is 6.61 Å². The molecule has 1 aliphatic rings. The molecule has 2 N–H and O–H groups in total. The third kappa shape index (κ3) is 4.99. The number of alkyl carbamates (subject to hydrolysis) is 1. The Bertz CT molecular complexity index is 430. The Balaban J connectivity index is 1.53. The maximum Gasteiger partial charge on any atom is 0.407 e. The molecule has 5 heteroatoms. The second-order valence-corrected chi connectivity index (χ2v) is 4.55. The Hall–Kier alpha value is -2.04. The number of benzene rings is 1. The molecule has 1 aliphatic carbocycles. The highest BCUT2D eigenvalue weighted by Gasteiger charge is 2.28. The SMILES string of the molecule is O=C(NCCNC(=O)C1CC1)OCc1ccccc1. The Labute approximate surface area is 112 Å². The first-order valence-electron chi connectivity index (χ1n) is 6.48. The van der Waals surface area contributed by atoms with Gasteiger partial charge in [-0.2, -0.15) is 0 Å². The maximum atomic E-state index is 11.4. The number of ether oxygens (including phenoxy) is 1. The molecule has 0 saturated heterocycles. The van der Waals surface area contributed by atoms with Gasteiger partial charge in [-0.15, -0.1) is 0 Å². The highest BCUT2D eigenvalue weighted by molar-refractivity contribution is 5.80. The summed E-state index contributed by atoms with van der Waals surface area (Å²) < 4.78 is 5.03. The van der Waals surface area contributed by atoms with Gasteiger partial charge in [0.15, 0.2) is 0 Å². The Kier molecular flexibility index (Phi) is 4.78. The fourth-order valence-corrected chi connectivity index (χ4v) is 1.61. The van der Waals surface area contributed by atoms with Crippen molar-refractivity contribution >= 4 is 12.0 Å². The van der Waals surface area contributed by atoms with E-state index in [9.17, 15) is 9.59 Å². The standard InChI is InChI=1S/C14H18N2O3/c17-13(12-6-7-12)15-8-9-16-14(18)19-10-11-4-2-1-3-5-11/h1-5,12H,6-10H2,(H,15,17)(H,16,18). The van der Waals surface area contributed by atoms with E-state index in [1.807, 2.05) is 30.3 Å². The van der Waals surface area contributed by atoms with E-state index in [0.29, 0.717) is 13.1 Å². The molecule has 0 radical (unpaired) electrons. The molecule has 1 fully saturated rings. The van der Waals surface area contributed by atoms with Gasteiger partial charge in [0.2, 0.25) is 5.91 Å². The van der Waals surface area contributed by atoms with Gasteiger partial charge < -0.3 is 15.4 Å². The fourth-order valence-electron chi connectivity index (χ4n) is 1.61. The van der Waals surface area contributed by atoms with E-state index in [-0.39, 0.29) is 18.4 Å². The van der Waals surface area contributed by atoms with Crippen LogP contribution in [0.4, 0.5) is 4.79 Å². The first-order valence-corrected chi connectivity index (χ1v) is 6.48. The Morgan fingerprint density at radius 1 is 1.11 bits per heavy atom. The van der Waals surface area contributed by atoms with Crippen LogP contribution in [0.2, 0.25) is 0 Å². The Morgan fingerprint density at radius 2 is 1.79 bits per heavy atom. The van der Waals surface area contributed by atoms with Crippen molar-refractivity contribution in [1.29, 1.82) is 0 Å². The molecule has 0 unspecified atom stereocenters. The molecule has 2 rings (SSSR count). The molecule has 1 aromatic carbocycles. The summed E-state index contributed by atoms with van der Waals surface area (Å²) in [4.78, 5) is 22.7. The van der Waals surface area contributed by atoms with Gasteiger partial charge in [0, 0.05) is 19.0 Å². The smallest absolute Gasteiger partial charge is 0.407 e. The molecule has 0 aliphatic heterocycles. The van der Waals surface area contributed by atoms with E-state index < -0.39 is 6.09 Å². The van der Waals surface area contributed by atoms with E-state index in [0.717, 1.165) is 18.4 Å². The minimum atomic E-state index is -0.468. The molecule has 0 bridgehead atoms. The fraction of sp³-hybridized carbons (Fsp3) is 0.429. The van der Waals surface area contributed by atoms with E-state index in [1.165, 1.54) is 0 Å². The van der Waals surface area contributed by atoms with Crippen molar-refractivity contribution in [3.63, 3.8) is 0 Å². The summed E-state index contributed by atoms with van der Waals surface area (Å²) in [5.41, 5.74) is 0.944. The van der Waals surface area contributed by atoms with Crippen molar-refractivity contribution in [2.24, 2.45) is 5.92 Å². The lowest BCUT2D eigenvalue weighted by atomic mass is 10.2. The van der Waals surface area contributed by atoms with Crippen LogP contribution in [0.3, 0.4) is 0 Å². The minimum Gasteiger partial charge on any atom is -0.445 e. The number of hydrogen-bond acceptors (Lipinski definition) is 3. The maximum absolute atomic E-state index is 11.4. The summed E-state index contributed by atoms with van der Waals surface area (Å²) in [7, 11) is 0. The highest BCUT2D eigenvalue weighted by atomic mass is 16.5. The van der Waals surface area contributed by atoms with Crippen LogP contribution >= 0.6 is 0 Å². The third-order valence-corrected chi connectivity index (χ3v) is 2.85. The lowest BCUT2D eigenvalue weighted by molar-refractivity contribution is -0.122. The molecule has 102 valence electrons. The number of amides is 2. The molecular formula is C14H18N2O3. The van der Waals surface area contributed by atoms with E-state index in [1.54, 1.807) is 0 Å². The second-order valence-electron chi connectivity index (χ2n) is 4.55. The largest absolute Gasteiger partial charge is 0.445 e. The first kappa shape index (κ1) is 13.4. The second kappa shape index (κ2) is 6.78. The Morgan fingerprint density at radius 3 is 2.47 bits per heavy atom. The van der Waals surface area contributed by atoms with Crippen LogP contribution in [0.15, 0.2) is 30.3 Å². The predicted molar refractivity (Wildman–Crippen MR) is 70.4 cm³/mol. The van der Waals surface area contributed by atoms with Crippen LogP contribution < -0.4 is 10.6 Å². The number of nitrogens with one attached hydrogen (secondary N) is 2. The lowest BCUT2D eigenvalue weighted by Crippen LogP contribution is -2.35. The molecular weight excluding hydrogens is 244 g/mol. The number of carbonyl (C=O) groups is 2. The molecule has 5 nitrogen and oxygen atoms in total. The van der Waals surface area contributed by atoms with Crippen molar-refractivity contribution in [3.8, 4) is 0 Å². The predicted octanol–water partition coefficient (Wildman–Crippen LogP) is 1.44. The van der Waals surface area contributed by atoms with Crippen LogP contribution in [0.1, 0.15) is 18.4 Å².